The minimum Gasteiger partial charge on any atom is -0.481 e. The van der Waals surface area contributed by atoms with Crippen molar-refractivity contribution in [3.63, 3.8) is 0 Å². The molecule has 14 heavy (non-hydrogen) atoms. The van der Waals surface area contributed by atoms with Gasteiger partial charge in [0, 0.05) is 0 Å². The molecule has 0 atom stereocenters. The van der Waals surface area contributed by atoms with Gasteiger partial charge in [0.25, 0.3) is 5.56 Å². The van der Waals surface area contributed by atoms with Crippen molar-refractivity contribution in [3.8, 4) is 0 Å². The Morgan fingerprint density at radius 2 is 2.43 bits per heavy atom. The first-order chi connectivity index (χ1) is 6.68. The molecule has 0 aliphatic heterocycles. The van der Waals surface area contributed by atoms with E-state index in [0.717, 1.165) is 0 Å². The van der Waals surface area contributed by atoms with E-state index in [1.54, 1.807) is 5.38 Å². The van der Waals surface area contributed by atoms with Crippen LogP contribution in [0.15, 0.2) is 16.5 Å². The standard InChI is InChI=1S/C8H6N2O3S/c11-5(12)1-4-2-14-8-6(4)7(13)9-3-10-8/h2-3H,1H2,(H,11,12)(H,9,10,13). The average Bonchev–Trinajstić information content (AvgIpc) is 2.49. The van der Waals surface area contributed by atoms with Crippen molar-refractivity contribution in [1.29, 1.82) is 0 Å². The Bertz CT molecular complexity index is 543. The Labute approximate surface area is 82.0 Å². The van der Waals surface area contributed by atoms with Crippen LogP contribution in [0, 0.1) is 0 Å². The highest BCUT2D eigenvalue weighted by molar-refractivity contribution is 7.16. The Balaban J connectivity index is 2.67. The fourth-order valence-electron chi connectivity index (χ4n) is 1.23. The number of carboxylic acid groups (broad SMARTS) is 1. The maximum atomic E-state index is 11.4. The number of nitrogens with zero attached hydrogens (tertiary/aromatic N) is 1. The van der Waals surface area contributed by atoms with Crippen LogP contribution in [0.3, 0.4) is 0 Å². The molecule has 2 aromatic rings. The molecule has 5 nitrogen and oxygen atoms in total. The van der Waals surface area contributed by atoms with Gasteiger partial charge in [0.2, 0.25) is 0 Å². The topological polar surface area (TPSA) is 83.0 Å². The predicted molar refractivity (Wildman–Crippen MR) is 51.6 cm³/mol. The van der Waals surface area contributed by atoms with Crippen molar-refractivity contribution in [2.75, 3.05) is 0 Å². The van der Waals surface area contributed by atoms with Gasteiger partial charge in [0.15, 0.2) is 0 Å². The largest absolute Gasteiger partial charge is 0.481 e. The monoisotopic (exact) mass is 210 g/mol. The summed E-state index contributed by atoms with van der Waals surface area (Å²) in [7, 11) is 0. The zero-order valence-corrected chi connectivity index (χ0v) is 7.80. The third kappa shape index (κ3) is 1.39. The Morgan fingerprint density at radius 1 is 1.64 bits per heavy atom. The van der Waals surface area contributed by atoms with Gasteiger partial charge in [-0.15, -0.1) is 11.3 Å². The summed E-state index contributed by atoms with van der Waals surface area (Å²) in [5.74, 6) is -0.951. The van der Waals surface area contributed by atoms with Gasteiger partial charge in [-0.2, -0.15) is 0 Å². The van der Waals surface area contributed by atoms with Gasteiger partial charge in [-0.1, -0.05) is 0 Å². The highest BCUT2D eigenvalue weighted by atomic mass is 32.1. The molecular weight excluding hydrogens is 204 g/mol. The molecule has 2 aromatic heterocycles. The summed E-state index contributed by atoms with van der Waals surface area (Å²) in [4.78, 5) is 28.8. The van der Waals surface area contributed by atoms with Gasteiger partial charge in [-0.05, 0) is 10.9 Å². The number of H-pyrrole nitrogens is 1. The number of nitrogens with one attached hydrogen (secondary N) is 1. The van der Waals surface area contributed by atoms with Gasteiger partial charge < -0.3 is 10.1 Å². The minimum atomic E-state index is -0.951. The number of aromatic amines is 1. The normalized spacial score (nSPS) is 10.6. The van der Waals surface area contributed by atoms with E-state index in [-0.39, 0.29) is 12.0 Å². The first kappa shape index (κ1) is 8.89. The van der Waals surface area contributed by atoms with Crippen LogP contribution in [0.4, 0.5) is 0 Å². The lowest BCUT2D eigenvalue weighted by Crippen LogP contribution is -2.08. The number of carboxylic acids is 1. The number of hydrogen-bond acceptors (Lipinski definition) is 4. The number of aromatic nitrogens is 2. The molecule has 0 amide bonds. The van der Waals surface area contributed by atoms with Gasteiger partial charge in [0.05, 0.1) is 18.1 Å². The zero-order chi connectivity index (χ0) is 10.1. The second-order valence-electron chi connectivity index (χ2n) is 2.74. The van der Waals surface area contributed by atoms with E-state index in [1.165, 1.54) is 17.7 Å². The van der Waals surface area contributed by atoms with E-state index in [9.17, 15) is 9.59 Å². The number of thiophene rings is 1. The SMILES string of the molecule is O=C(O)Cc1csc2nc[nH]c(=O)c12. The summed E-state index contributed by atoms with van der Waals surface area (Å²) in [6.45, 7) is 0. The van der Waals surface area contributed by atoms with Crippen molar-refractivity contribution in [3.05, 3.63) is 27.6 Å². The Kier molecular flexibility index (Phi) is 2.05. The Hall–Kier alpha value is -1.69. The van der Waals surface area contributed by atoms with Crippen molar-refractivity contribution in [1.82, 2.24) is 9.97 Å². The number of fused-ring (bicyclic) bond motifs is 1. The first-order valence-corrected chi connectivity index (χ1v) is 4.72. The lowest BCUT2D eigenvalue weighted by molar-refractivity contribution is -0.136. The van der Waals surface area contributed by atoms with Gasteiger partial charge >= 0.3 is 5.97 Å². The van der Waals surface area contributed by atoms with Crippen LogP contribution >= 0.6 is 11.3 Å². The van der Waals surface area contributed by atoms with Crippen LogP contribution in [0.2, 0.25) is 0 Å². The molecule has 2 rings (SSSR count). The summed E-state index contributed by atoms with van der Waals surface area (Å²) in [5, 5.41) is 10.7. The molecule has 72 valence electrons. The molecular formula is C8H6N2O3S. The van der Waals surface area contributed by atoms with Gasteiger partial charge in [-0.25, -0.2) is 4.98 Å². The van der Waals surface area contributed by atoms with Crippen LogP contribution in [-0.4, -0.2) is 21.0 Å². The molecule has 6 heteroatoms. The summed E-state index contributed by atoms with van der Waals surface area (Å²) >= 11 is 1.28. The van der Waals surface area contributed by atoms with Crippen molar-refractivity contribution in [2.24, 2.45) is 0 Å². The fraction of sp³-hybridized carbons (Fsp3) is 0.125. The van der Waals surface area contributed by atoms with Gasteiger partial charge in [0.1, 0.15) is 4.83 Å². The van der Waals surface area contributed by atoms with E-state index in [2.05, 4.69) is 9.97 Å². The number of rotatable bonds is 2. The van der Waals surface area contributed by atoms with Crippen LogP contribution in [0.25, 0.3) is 10.2 Å². The van der Waals surface area contributed by atoms with E-state index < -0.39 is 5.97 Å². The molecule has 2 heterocycles. The molecule has 0 aliphatic rings. The van der Waals surface area contributed by atoms with E-state index >= 15 is 0 Å². The highest BCUT2D eigenvalue weighted by Gasteiger charge is 2.11. The van der Waals surface area contributed by atoms with E-state index in [0.29, 0.717) is 15.8 Å². The zero-order valence-electron chi connectivity index (χ0n) is 6.98. The summed E-state index contributed by atoms with van der Waals surface area (Å²) in [6, 6.07) is 0. The maximum absolute atomic E-state index is 11.4. The summed E-state index contributed by atoms with van der Waals surface area (Å²) in [6.07, 6.45) is 1.17. The van der Waals surface area contributed by atoms with Crippen LogP contribution < -0.4 is 5.56 Å². The van der Waals surface area contributed by atoms with Crippen molar-refractivity contribution >= 4 is 27.5 Å². The van der Waals surface area contributed by atoms with Crippen LogP contribution in [-0.2, 0) is 11.2 Å². The predicted octanol–water partition coefficient (Wildman–Crippen LogP) is 0.612. The first-order valence-electron chi connectivity index (χ1n) is 3.84. The molecule has 0 spiro atoms. The number of hydrogen-bond donors (Lipinski definition) is 2. The molecule has 0 radical (unpaired) electrons. The Morgan fingerprint density at radius 3 is 3.14 bits per heavy atom. The lowest BCUT2D eigenvalue weighted by atomic mass is 10.2. The summed E-state index contributed by atoms with van der Waals surface area (Å²) < 4.78 is 0. The van der Waals surface area contributed by atoms with E-state index in [1.807, 2.05) is 0 Å². The third-order valence-corrected chi connectivity index (χ3v) is 2.73. The van der Waals surface area contributed by atoms with Crippen LogP contribution in [0.5, 0.6) is 0 Å². The quantitative estimate of drug-likeness (QED) is 0.760. The lowest BCUT2D eigenvalue weighted by Gasteiger charge is -1.92. The number of aliphatic carboxylic acids is 1. The molecule has 0 unspecified atom stereocenters. The maximum Gasteiger partial charge on any atom is 0.307 e. The molecule has 0 aromatic carbocycles. The molecule has 0 saturated carbocycles. The number of carbonyl (C=O) groups is 1. The minimum absolute atomic E-state index is 0.144. The molecule has 0 fully saturated rings. The second kappa shape index (κ2) is 3.22. The second-order valence-corrected chi connectivity index (χ2v) is 3.60. The van der Waals surface area contributed by atoms with Crippen molar-refractivity contribution < 1.29 is 9.90 Å². The van der Waals surface area contributed by atoms with Crippen LogP contribution in [0.1, 0.15) is 5.56 Å². The highest BCUT2D eigenvalue weighted by Crippen LogP contribution is 2.20. The van der Waals surface area contributed by atoms with Crippen molar-refractivity contribution in [2.45, 2.75) is 6.42 Å². The van der Waals surface area contributed by atoms with Gasteiger partial charge in [-0.3, -0.25) is 9.59 Å². The third-order valence-electron chi connectivity index (χ3n) is 1.79. The summed E-state index contributed by atoms with van der Waals surface area (Å²) in [5.41, 5.74) is 0.236. The molecule has 2 N–H and O–H groups in total. The van der Waals surface area contributed by atoms with E-state index in [4.69, 9.17) is 5.11 Å². The molecule has 0 bridgehead atoms. The molecule has 0 saturated heterocycles. The fourth-order valence-corrected chi connectivity index (χ4v) is 2.15. The molecule has 0 aliphatic carbocycles. The smallest absolute Gasteiger partial charge is 0.307 e. The average molecular weight is 210 g/mol.